The highest BCUT2D eigenvalue weighted by molar-refractivity contribution is 6.25. The van der Waals surface area contributed by atoms with E-state index in [0.29, 0.717) is 12.1 Å². The molecule has 3 aromatic carbocycles. The second-order valence-electron chi connectivity index (χ2n) is 8.82. The van der Waals surface area contributed by atoms with Gasteiger partial charge in [-0.3, -0.25) is 19.4 Å². The first-order valence-electron chi connectivity index (χ1n) is 11.7. The Morgan fingerprint density at radius 2 is 1.47 bits per heavy atom. The molecule has 3 atom stereocenters. The molecule has 0 aliphatic carbocycles. The monoisotopic (exact) mass is 478 g/mol. The van der Waals surface area contributed by atoms with Gasteiger partial charge in [-0.25, -0.2) is 9.91 Å². The highest BCUT2D eigenvalue weighted by atomic mass is 16.2. The van der Waals surface area contributed by atoms with E-state index in [9.17, 15) is 14.4 Å². The molecule has 9 heteroatoms. The molecule has 178 valence electrons. The van der Waals surface area contributed by atoms with Crippen LogP contribution in [0.1, 0.15) is 23.6 Å². The summed E-state index contributed by atoms with van der Waals surface area (Å²) < 4.78 is 0. The van der Waals surface area contributed by atoms with Gasteiger partial charge in [-0.05, 0) is 23.3 Å². The van der Waals surface area contributed by atoms with Crippen LogP contribution >= 0.6 is 0 Å². The van der Waals surface area contributed by atoms with Crippen molar-refractivity contribution in [2.75, 3.05) is 11.4 Å². The summed E-state index contributed by atoms with van der Waals surface area (Å²) in [6.45, 7) is -0.221. The van der Waals surface area contributed by atoms with E-state index in [-0.39, 0.29) is 18.5 Å². The van der Waals surface area contributed by atoms with Gasteiger partial charge in [-0.1, -0.05) is 84.1 Å². The van der Waals surface area contributed by atoms with Crippen molar-refractivity contribution in [1.82, 2.24) is 10.0 Å². The highest BCUT2D eigenvalue weighted by Gasteiger charge is 2.55. The number of benzene rings is 3. The van der Waals surface area contributed by atoms with Crippen LogP contribution in [-0.4, -0.2) is 52.1 Å². The number of anilines is 1. The summed E-state index contributed by atoms with van der Waals surface area (Å²) in [5, 5.41) is 15.5. The van der Waals surface area contributed by atoms with Gasteiger partial charge in [0.05, 0.1) is 17.4 Å². The van der Waals surface area contributed by atoms with E-state index in [2.05, 4.69) is 15.4 Å². The van der Waals surface area contributed by atoms with Crippen LogP contribution in [0.5, 0.6) is 0 Å². The predicted octanol–water partition coefficient (Wildman–Crippen LogP) is 3.36. The lowest BCUT2D eigenvalue weighted by atomic mass is 9.98. The summed E-state index contributed by atoms with van der Waals surface area (Å²) in [6.07, 6.45) is 0.562. The Hall–Kier alpha value is -4.66. The normalized spacial score (nSPS) is 22.8. The SMILES string of the molecule is O=C1[C@@H]2N=NN(CC(=O)N3N=C(c4ccccc4)C[C@@H]3c3ccccc3)[C@H]2C(=O)N1c1ccccc1. The fourth-order valence-corrected chi connectivity index (χ4v) is 4.88. The van der Waals surface area contributed by atoms with E-state index in [4.69, 9.17) is 0 Å². The molecule has 1 saturated heterocycles. The van der Waals surface area contributed by atoms with Gasteiger partial charge in [-0.15, -0.1) is 0 Å². The van der Waals surface area contributed by atoms with Crippen LogP contribution in [0.15, 0.2) is 106 Å². The van der Waals surface area contributed by atoms with E-state index in [1.54, 1.807) is 24.3 Å². The van der Waals surface area contributed by atoms with Crippen LogP contribution in [0.2, 0.25) is 0 Å². The van der Waals surface area contributed by atoms with Crippen LogP contribution in [0, 0.1) is 0 Å². The second kappa shape index (κ2) is 8.84. The van der Waals surface area contributed by atoms with Crippen molar-refractivity contribution in [1.29, 1.82) is 0 Å². The van der Waals surface area contributed by atoms with Crippen molar-refractivity contribution in [3.8, 4) is 0 Å². The molecule has 0 aromatic heterocycles. The second-order valence-corrected chi connectivity index (χ2v) is 8.82. The first-order chi connectivity index (χ1) is 17.6. The van der Waals surface area contributed by atoms with E-state index in [1.807, 2.05) is 66.7 Å². The number of rotatable bonds is 5. The molecule has 6 rings (SSSR count). The van der Waals surface area contributed by atoms with Crippen molar-refractivity contribution in [2.45, 2.75) is 24.5 Å². The summed E-state index contributed by atoms with van der Waals surface area (Å²) in [4.78, 5) is 40.8. The molecule has 3 heterocycles. The van der Waals surface area contributed by atoms with Crippen LogP contribution in [-0.2, 0) is 14.4 Å². The van der Waals surface area contributed by atoms with Crippen LogP contribution in [0.3, 0.4) is 0 Å². The fourth-order valence-electron chi connectivity index (χ4n) is 4.88. The Kier molecular flexibility index (Phi) is 5.37. The molecule has 36 heavy (non-hydrogen) atoms. The quantitative estimate of drug-likeness (QED) is 0.525. The van der Waals surface area contributed by atoms with Gasteiger partial charge in [0.1, 0.15) is 6.54 Å². The molecule has 0 bridgehead atoms. The first kappa shape index (κ1) is 21.8. The van der Waals surface area contributed by atoms with Crippen molar-refractivity contribution in [3.05, 3.63) is 102 Å². The van der Waals surface area contributed by atoms with Gasteiger partial charge >= 0.3 is 0 Å². The lowest BCUT2D eigenvalue weighted by Crippen LogP contribution is -2.44. The van der Waals surface area contributed by atoms with Gasteiger partial charge < -0.3 is 0 Å². The van der Waals surface area contributed by atoms with E-state index < -0.39 is 23.9 Å². The number of imide groups is 1. The third kappa shape index (κ3) is 3.65. The number of hydrogen-bond acceptors (Lipinski definition) is 7. The maximum Gasteiger partial charge on any atom is 0.264 e. The zero-order valence-corrected chi connectivity index (χ0v) is 19.2. The molecule has 9 nitrogen and oxygen atoms in total. The van der Waals surface area contributed by atoms with E-state index >= 15 is 0 Å². The maximum absolute atomic E-state index is 13.6. The Balaban J connectivity index is 1.26. The lowest BCUT2D eigenvalue weighted by Gasteiger charge is -2.25. The number of para-hydroxylation sites is 1. The molecule has 3 aliphatic rings. The van der Waals surface area contributed by atoms with Crippen LogP contribution < -0.4 is 4.90 Å². The number of nitrogens with zero attached hydrogens (tertiary/aromatic N) is 6. The zero-order chi connectivity index (χ0) is 24.6. The minimum atomic E-state index is -0.961. The summed E-state index contributed by atoms with van der Waals surface area (Å²) >= 11 is 0. The van der Waals surface area contributed by atoms with E-state index in [0.717, 1.165) is 21.7 Å². The molecule has 1 fully saturated rings. The number of hydrazone groups is 1. The molecule has 0 saturated carbocycles. The molecule has 0 N–H and O–H groups in total. The maximum atomic E-state index is 13.6. The van der Waals surface area contributed by atoms with Crippen molar-refractivity contribution < 1.29 is 14.4 Å². The minimum Gasteiger partial charge on any atom is -0.271 e. The summed E-state index contributed by atoms with van der Waals surface area (Å²) in [6, 6.07) is 26.0. The van der Waals surface area contributed by atoms with Gasteiger partial charge in [0.2, 0.25) is 0 Å². The molecular formula is C27H22N6O3. The topological polar surface area (TPSA) is 98.0 Å². The molecule has 3 amide bonds. The standard InChI is InChI=1S/C27H22N6O3/c34-23(17-31-25-24(28-30-31)26(35)32(27(25)36)20-14-8-3-9-15-20)33-22(19-12-6-2-7-13-19)16-21(29-33)18-10-4-1-5-11-18/h1-15,22,24-25H,16-17H2/t22-,24-,25-/m1/s1. The van der Waals surface area contributed by atoms with Crippen molar-refractivity contribution >= 4 is 29.1 Å². The highest BCUT2D eigenvalue weighted by Crippen LogP contribution is 2.35. The summed E-state index contributed by atoms with van der Waals surface area (Å²) in [5.41, 5.74) is 3.19. The minimum absolute atomic E-state index is 0.221. The molecule has 3 aliphatic heterocycles. The zero-order valence-electron chi connectivity index (χ0n) is 19.2. The molecule has 0 radical (unpaired) electrons. The molecule has 0 unspecified atom stereocenters. The Bertz CT molecular complexity index is 1380. The Morgan fingerprint density at radius 1 is 0.833 bits per heavy atom. The number of carbonyl (C=O) groups is 3. The van der Waals surface area contributed by atoms with Gasteiger partial charge in [0, 0.05) is 6.42 Å². The molecule has 3 aromatic rings. The fraction of sp³-hybridized carbons (Fsp3) is 0.185. The average Bonchev–Trinajstić information content (AvgIpc) is 3.61. The Labute approximate surface area is 207 Å². The Morgan fingerprint density at radius 3 is 2.17 bits per heavy atom. The smallest absolute Gasteiger partial charge is 0.264 e. The van der Waals surface area contributed by atoms with Crippen molar-refractivity contribution in [2.24, 2.45) is 15.4 Å². The number of amides is 3. The molecule has 0 spiro atoms. The number of fused-ring (bicyclic) bond motifs is 1. The number of carbonyl (C=O) groups excluding carboxylic acids is 3. The van der Waals surface area contributed by atoms with Crippen LogP contribution in [0.4, 0.5) is 5.69 Å². The third-order valence-electron chi connectivity index (χ3n) is 6.63. The average molecular weight is 479 g/mol. The molecular weight excluding hydrogens is 456 g/mol. The van der Waals surface area contributed by atoms with Gasteiger partial charge in [-0.2, -0.15) is 10.2 Å². The van der Waals surface area contributed by atoms with Gasteiger partial charge in [0.25, 0.3) is 17.7 Å². The first-order valence-corrected chi connectivity index (χ1v) is 11.7. The van der Waals surface area contributed by atoms with Crippen molar-refractivity contribution in [3.63, 3.8) is 0 Å². The van der Waals surface area contributed by atoms with E-state index in [1.165, 1.54) is 10.0 Å². The predicted molar refractivity (Wildman–Crippen MR) is 132 cm³/mol. The summed E-state index contributed by atoms with van der Waals surface area (Å²) in [5.74, 6) is -1.21. The third-order valence-corrected chi connectivity index (χ3v) is 6.63. The van der Waals surface area contributed by atoms with Gasteiger partial charge in [0.15, 0.2) is 12.1 Å². The number of hydrogen-bond donors (Lipinski definition) is 0. The largest absolute Gasteiger partial charge is 0.271 e. The van der Waals surface area contributed by atoms with Crippen LogP contribution in [0.25, 0.3) is 0 Å². The lowest BCUT2D eigenvalue weighted by molar-refractivity contribution is -0.135. The summed E-state index contributed by atoms with van der Waals surface area (Å²) in [7, 11) is 0.